The minimum atomic E-state index is -1.32. The second-order valence-electron chi connectivity index (χ2n) is 3.80. The van der Waals surface area contributed by atoms with E-state index in [9.17, 15) is 15.3 Å². The third kappa shape index (κ3) is 2.70. The molecule has 6 heteroatoms. The molecule has 3 N–H and O–H groups in total. The number of para-hydroxylation sites is 1. The fourth-order valence-corrected chi connectivity index (χ4v) is 1.73. The third-order valence-electron chi connectivity index (χ3n) is 2.53. The van der Waals surface area contributed by atoms with Crippen molar-refractivity contribution in [3.63, 3.8) is 0 Å². The molecule has 1 aliphatic rings. The van der Waals surface area contributed by atoms with Crippen molar-refractivity contribution in [2.75, 3.05) is 6.61 Å². The number of ether oxygens (including phenoxy) is 2. The number of rotatable bonds is 2. The van der Waals surface area contributed by atoms with Crippen molar-refractivity contribution < 1.29 is 24.8 Å². The first kappa shape index (κ1) is 12.6. The maximum Gasteiger partial charge on any atom is 0.228 e. The van der Waals surface area contributed by atoms with E-state index >= 15 is 0 Å². The Bertz CT molecular complexity index is 386. The zero-order valence-corrected chi connectivity index (χ0v) is 9.62. The van der Waals surface area contributed by atoms with Gasteiger partial charge < -0.3 is 24.8 Å². The quantitative estimate of drug-likeness (QED) is 0.706. The monoisotopic (exact) mass is 260 g/mol. The normalized spacial score (nSPS) is 33.4. The molecule has 1 aromatic rings. The summed E-state index contributed by atoms with van der Waals surface area (Å²) in [4.78, 5) is 0. The molecule has 4 atom stereocenters. The summed E-state index contributed by atoms with van der Waals surface area (Å²) in [6, 6.07) is 6.72. The van der Waals surface area contributed by atoms with Gasteiger partial charge in [-0.3, -0.25) is 0 Å². The molecule has 5 nitrogen and oxygen atoms in total. The molecule has 0 radical (unpaired) electrons. The summed E-state index contributed by atoms with van der Waals surface area (Å²) in [5.74, 6) is 0.349. The van der Waals surface area contributed by atoms with Gasteiger partial charge in [-0.2, -0.15) is 0 Å². The Kier molecular flexibility index (Phi) is 3.86. The van der Waals surface area contributed by atoms with Crippen LogP contribution in [0.2, 0.25) is 5.02 Å². The minimum absolute atomic E-state index is 0.104. The van der Waals surface area contributed by atoms with Crippen molar-refractivity contribution >= 4 is 11.6 Å². The summed E-state index contributed by atoms with van der Waals surface area (Å²) in [5.41, 5.74) is 0. The minimum Gasteiger partial charge on any atom is -0.460 e. The summed E-state index contributed by atoms with van der Waals surface area (Å²) in [6.45, 7) is -0.104. The summed E-state index contributed by atoms with van der Waals surface area (Å²) in [7, 11) is 0. The summed E-state index contributed by atoms with van der Waals surface area (Å²) >= 11 is 5.88. The maximum absolute atomic E-state index is 9.66. The summed E-state index contributed by atoms with van der Waals surface area (Å²) in [5, 5.41) is 28.8. The average molecular weight is 261 g/mol. The van der Waals surface area contributed by atoms with Gasteiger partial charge in [0.25, 0.3) is 0 Å². The SMILES string of the molecule is O[C@H]1[C@H](Oc2ccccc2Cl)OC[C@@H](O)[C@H]1O. The van der Waals surface area contributed by atoms with Gasteiger partial charge in [0.2, 0.25) is 6.29 Å². The van der Waals surface area contributed by atoms with Crippen LogP contribution in [0.5, 0.6) is 5.75 Å². The molecule has 94 valence electrons. The van der Waals surface area contributed by atoms with Crippen LogP contribution in [0, 0.1) is 0 Å². The van der Waals surface area contributed by atoms with Gasteiger partial charge in [0.1, 0.15) is 24.1 Å². The van der Waals surface area contributed by atoms with Crippen LogP contribution in [-0.2, 0) is 4.74 Å². The van der Waals surface area contributed by atoms with Gasteiger partial charge in [0.05, 0.1) is 11.6 Å². The molecular weight excluding hydrogens is 248 g/mol. The van der Waals surface area contributed by atoms with Crippen molar-refractivity contribution in [3.8, 4) is 5.75 Å². The zero-order chi connectivity index (χ0) is 12.4. The van der Waals surface area contributed by atoms with Crippen molar-refractivity contribution in [2.45, 2.75) is 24.6 Å². The molecule has 0 unspecified atom stereocenters. The number of aliphatic hydroxyl groups excluding tert-OH is 3. The Morgan fingerprint density at radius 3 is 2.59 bits per heavy atom. The zero-order valence-electron chi connectivity index (χ0n) is 8.86. The van der Waals surface area contributed by atoms with Crippen LogP contribution in [0.4, 0.5) is 0 Å². The molecule has 1 heterocycles. The highest BCUT2D eigenvalue weighted by Gasteiger charge is 2.39. The Morgan fingerprint density at radius 1 is 1.18 bits per heavy atom. The topological polar surface area (TPSA) is 79.2 Å². The van der Waals surface area contributed by atoms with Gasteiger partial charge in [0.15, 0.2) is 0 Å². The standard InChI is InChI=1S/C11H13ClO5/c12-6-3-1-2-4-8(6)17-11-10(15)9(14)7(13)5-16-11/h1-4,7,9-11,13-15H,5H2/t7-,9-,10-,11+/m1/s1. The van der Waals surface area contributed by atoms with E-state index in [1.54, 1.807) is 24.3 Å². The van der Waals surface area contributed by atoms with E-state index in [4.69, 9.17) is 21.1 Å². The lowest BCUT2D eigenvalue weighted by molar-refractivity contribution is -0.242. The van der Waals surface area contributed by atoms with E-state index in [0.29, 0.717) is 10.8 Å². The molecule has 0 bridgehead atoms. The first-order valence-corrected chi connectivity index (χ1v) is 5.54. The lowest BCUT2D eigenvalue weighted by atomic mass is 10.1. The first-order chi connectivity index (χ1) is 8.09. The van der Waals surface area contributed by atoms with Crippen LogP contribution in [0.1, 0.15) is 0 Å². The molecule has 0 aliphatic carbocycles. The first-order valence-electron chi connectivity index (χ1n) is 5.16. The molecule has 2 rings (SSSR count). The van der Waals surface area contributed by atoms with E-state index in [-0.39, 0.29) is 6.61 Å². The largest absolute Gasteiger partial charge is 0.460 e. The predicted molar refractivity (Wildman–Crippen MR) is 59.8 cm³/mol. The van der Waals surface area contributed by atoms with Crippen molar-refractivity contribution in [1.82, 2.24) is 0 Å². The van der Waals surface area contributed by atoms with E-state index in [1.165, 1.54) is 0 Å². The molecule has 0 spiro atoms. The lowest BCUT2D eigenvalue weighted by Crippen LogP contribution is -2.54. The third-order valence-corrected chi connectivity index (χ3v) is 2.85. The molecule has 0 aromatic heterocycles. The molecule has 17 heavy (non-hydrogen) atoms. The maximum atomic E-state index is 9.66. The number of halogens is 1. The molecule has 1 saturated heterocycles. The van der Waals surface area contributed by atoms with Crippen LogP contribution >= 0.6 is 11.6 Å². The van der Waals surface area contributed by atoms with Crippen LogP contribution in [0.15, 0.2) is 24.3 Å². The van der Waals surface area contributed by atoms with E-state index in [0.717, 1.165) is 0 Å². The van der Waals surface area contributed by atoms with Gasteiger partial charge in [0, 0.05) is 0 Å². The highest BCUT2D eigenvalue weighted by molar-refractivity contribution is 6.32. The second kappa shape index (κ2) is 5.20. The highest BCUT2D eigenvalue weighted by atomic mass is 35.5. The van der Waals surface area contributed by atoms with Gasteiger partial charge in [-0.05, 0) is 12.1 Å². The van der Waals surface area contributed by atoms with Gasteiger partial charge in [-0.25, -0.2) is 0 Å². The van der Waals surface area contributed by atoms with Crippen molar-refractivity contribution in [1.29, 1.82) is 0 Å². The molecule has 0 amide bonds. The van der Waals surface area contributed by atoms with E-state index in [2.05, 4.69) is 0 Å². The highest BCUT2D eigenvalue weighted by Crippen LogP contribution is 2.27. The Labute approximate surface area is 103 Å². The molecule has 1 aliphatic heterocycles. The fourth-order valence-electron chi connectivity index (χ4n) is 1.55. The smallest absolute Gasteiger partial charge is 0.228 e. The van der Waals surface area contributed by atoms with Gasteiger partial charge in [-0.15, -0.1) is 0 Å². The molecular formula is C11H13ClO5. The number of hydrogen-bond acceptors (Lipinski definition) is 5. The van der Waals surface area contributed by atoms with Gasteiger partial charge in [-0.1, -0.05) is 23.7 Å². The number of benzene rings is 1. The van der Waals surface area contributed by atoms with E-state index < -0.39 is 24.6 Å². The Hall–Kier alpha value is -0.850. The van der Waals surface area contributed by atoms with Crippen molar-refractivity contribution in [3.05, 3.63) is 29.3 Å². The van der Waals surface area contributed by atoms with Crippen LogP contribution in [0.25, 0.3) is 0 Å². The van der Waals surface area contributed by atoms with Crippen LogP contribution in [-0.4, -0.2) is 46.5 Å². The lowest BCUT2D eigenvalue weighted by Gasteiger charge is -2.35. The molecule has 1 fully saturated rings. The fraction of sp³-hybridized carbons (Fsp3) is 0.455. The van der Waals surface area contributed by atoms with E-state index in [1.807, 2.05) is 0 Å². The molecule has 1 aromatic carbocycles. The average Bonchev–Trinajstić information content (AvgIpc) is 2.32. The van der Waals surface area contributed by atoms with Crippen molar-refractivity contribution in [2.24, 2.45) is 0 Å². The van der Waals surface area contributed by atoms with Crippen LogP contribution < -0.4 is 4.74 Å². The molecule has 0 saturated carbocycles. The summed E-state index contributed by atoms with van der Waals surface area (Å²) < 4.78 is 10.4. The number of hydrogen-bond donors (Lipinski definition) is 3. The Balaban J connectivity index is 2.07. The van der Waals surface area contributed by atoms with Gasteiger partial charge >= 0.3 is 0 Å². The Morgan fingerprint density at radius 2 is 1.88 bits per heavy atom. The second-order valence-corrected chi connectivity index (χ2v) is 4.21. The van der Waals surface area contributed by atoms with Crippen LogP contribution in [0.3, 0.4) is 0 Å². The number of aliphatic hydroxyl groups is 3. The summed E-state index contributed by atoms with van der Waals surface area (Å²) in [6.07, 6.45) is -4.78. The predicted octanol–water partition coefficient (Wildman–Crippen LogP) is 0.158.